The highest BCUT2D eigenvalue weighted by atomic mass is 16.6. The molecule has 5 heteroatoms. The molecular weight excluding hydrogens is 330 g/mol. The first-order valence-corrected chi connectivity index (χ1v) is 8.73. The molecule has 3 aromatic carbocycles. The van der Waals surface area contributed by atoms with Crippen LogP contribution in [-0.2, 0) is 11.2 Å². The molecule has 1 aliphatic rings. The van der Waals surface area contributed by atoms with Crippen molar-refractivity contribution in [2.75, 3.05) is 32.3 Å². The van der Waals surface area contributed by atoms with Gasteiger partial charge in [0.05, 0.1) is 26.5 Å². The second-order valence-corrected chi connectivity index (χ2v) is 6.24. The Kier molecular flexibility index (Phi) is 4.07. The summed E-state index contributed by atoms with van der Waals surface area (Å²) in [7, 11) is 3.30. The number of amides is 1. The molecule has 4 rings (SSSR count). The molecule has 3 aromatic rings. The average molecular weight is 351 g/mol. The smallest absolute Gasteiger partial charge is 0.414 e. The van der Waals surface area contributed by atoms with Crippen LogP contribution in [-0.4, -0.2) is 33.5 Å². The van der Waals surface area contributed by atoms with E-state index in [4.69, 9.17) is 14.2 Å². The predicted molar refractivity (Wildman–Crippen MR) is 103 cm³/mol. The van der Waals surface area contributed by atoms with Gasteiger partial charge in [-0.05, 0) is 41.8 Å². The van der Waals surface area contributed by atoms with Crippen molar-refractivity contribution in [3.05, 3.63) is 42.0 Å². The van der Waals surface area contributed by atoms with Gasteiger partial charge in [0.2, 0.25) is 0 Å². The monoisotopic (exact) mass is 351 g/mol. The maximum Gasteiger partial charge on any atom is 0.414 e. The number of carbonyl (C=O) groups is 1. The standard InChI is InChI=1S/C21H21NO4/c1-4-26-21(23)22-10-9-14-12-17(24-2)20(25-3)19-15-8-6-5-7-13(15)11-16(22)18(14)19/h5-8,11-12H,4,9-10H2,1-3H3. The zero-order valence-corrected chi connectivity index (χ0v) is 15.2. The first kappa shape index (κ1) is 16.5. The molecule has 1 aliphatic heterocycles. The first-order valence-electron chi connectivity index (χ1n) is 8.73. The van der Waals surface area contributed by atoms with Crippen LogP contribution in [0.1, 0.15) is 12.5 Å². The van der Waals surface area contributed by atoms with Gasteiger partial charge < -0.3 is 14.2 Å². The summed E-state index contributed by atoms with van der Waals surface area (Å²) < 4.78 is 16.6. The summed E-state index contributed by atoms with van der Waals surface area (Å²) in [5, 5.41) is 4.13. The third-order valence-electron chi connectivity index (χ3n) is 4.91. The Morgan fingerprint density at radius 3 is 2.65 bits per heavy atom. The number of ether oxygens (including phenoxy) is 3. The van der Waals surface area contributed by atoms with Gasteiger partial charge in [-0.3, -0.25) is 4.90 Å². The van der Waals surface area contributed by atoms with Crippen molar-refractivity contribution >= 4 is 33.3 Å². The van der Waals surface area contributed by atoms with Crippen LogP contribution < -0.4 is 14.4 Å². The lowest BCUT2D eigenvalue weighted by Gasteiger charge is -2.30. The van der Waals surface area contributed by atoms with Gasteiger partial charge in [-0.15, -0.1) is 0 Å². The van der Waals surface area contributed by atoms with Crippen molar-refractivity contribution in [1.82, 2.24) is 0 Å². The normalized spacial score (nSPS) is 13.1. The van der Waals surface area contributed by atoms with E-state index in [1.54, 1.807) is 19.1 Å². The first-order chi connectivity index (χ1) is 12.7. The van der Waals surface area contributed by atoms with E-state index >= 15 is 0 Å². The number of hydrogen-bond donors (Lipinski definition) is 0. The van der Waals surface area contributed by atoms with Crippen molar-refractivity contribution in [3.63, 3.8) is 0 Å². The molecule has 0 unspecified atom stereocenters. The van der Waals surface area contributed by atoms with E-state index in [1.807, 2.05) is 31.2 Å². The SMILES string of the molecule is CCOC(=O)N1CCc2cc(OC)c(OC)c3c2c1cc1ccccc13. The van der Waals surface area contributed by atoms with Gasteiger partial charge in [-0.2, -0.15) is 0 Å². The summed E-state index contributed by atoms with van der Waals surface area (Å²) in [4.78, 5) is 14.2. The molecule has 0 spiro atoms. The van der Waals surface area contributed by atoms with Crippen LogP contribution in [0.3, 0.4) is 0 Å². The summed E-state index contributed by atoms with van der Waals surface area (Å²) in [6.45, 7) is 2.75. The van der Waals surface area contributed by atoms with Gasteiger partial charge in [-0.1, -0.05) is 24.3 Å². The highest BCUT2D eigenvalue weighted by Gasteiger charge is 2.28. The Labute approximate surface area is 152 Å². The molecule has 26 heavy (non-hydrogen) atoms. The third kappa shape index (κ3) is 2.35. The maximum atomic E-state index is 12.5. The Balaban J connectivity index is 2.13. The fourth-order valence-electron chi connectivity index (χ4n) is 3.82. The lowest BCUT2D eigenvalue weighted by Crippen LogP contribution is -2.35. The van der Waals surface area contributed by atoms with Crippen molar-refractivity contribution in [2.24, 2.45) is 0 Å². The fourth-order valence-corrected chi connectivity index (χ4v) is 3.82. The number of benzene rings is 3. The number of methoxy groups -OCH3 is 2. The number of hydrogen-bond acceptors (Lipinski definition) is 4. The van der Waals surface area contributed by atoms with Crippen LogP contribution in [0.5, 0.6) is 11.5 Å². The number of nitrogens with zero attached hydrogens (tertiary/aromatic N) is 1. The van der Waals surface area contributed by atoms with Crippen LogP contribution in [0.15, 0.2) is 36.4 Å². The summed E-state index contributed by atoms with van der Waals surface area (Å²) in [6, 6.07) is 12.2. The van der Waals surface area contributed by atoms with Crippen LogP contribution in [0.25, 0.3) is 21.5 Å². The topological polar surface area (TPSA) is 48.0 Å². The lowest BCUT2D eigenvalue weighted by molar-refractivity contribution is 0.159. The van der Waals surface area contributed by atoms with Gasteiger partial charge in [0.15, 0.2) is 11.5 Å². The summed E-state index contributed by atoms with van der Waals surface area (Å²) in [5.41, 5.74) is 2.01. The minimum absolute atomic E-state index is 0.315. The highest BCUT2D eigenvalue weighted by molar-refractivity contribution is 6.20. The van der Waals surface area contributed by atoms with E-state index in [0.717, 1.165) is 39.2 Å². The molecular formula is C21H21NO4. The number of rotatable bonds is 3. The molecule has 0 radical (unpaired) electrons. The lowest BCUT2D eigenvalue weighted by atomic mass is 9.91. The average Bonchev–Trinajstić information content (AvgIpc) is 2.67. The predicted octanol–water partition coefficient (Wildman–Crippen LogP) is 4.53. The molecule has 0 saturated carbocycles. The maximum absolute atomic E-state index is 12.5. The molecule has 0 N–H and O–H groups in total. The number of carbonyl (C=O) groups excluding carboxylic acids is 1. The van der Waals surface area contributed by atoms with E-state index in [1.165, 1.54) is 0 Å². The molecule has 1 heterocycles. The molecule has 1 amide bonds. The van der Waals surface area contributed by atoms with Crippen LogP contribution in [0, 0.1) is 0 Å². The van der Waals surface area contributed by atoms with E-state index in [9.17, 15) is 4.79 Å². The van der Waals surface area contributed by atoms with E-state index in [-0.39, 0.29) is 6.09 Å². The molecule has 0 aliphatic carbocycles. The van der Waals surface area contributed by atoms with Gasteiger partial charge in [0.1, 0.15) is 0 Å². The van der Waals surface area contributed by atoms with Gasteiger partial charge in [0, 0.05) is 17.3 Å². The molecule has 0 fully saturated rings. The Bertz CT molecular complexity index is 1010. The van der Waals surface area contributed by atoms with Crippen molar-refractivity contribution in [3.8, 4) is 11.5 Å². The number of fused-ring (bicyclic) bond motifs is 2. The van der Waals surface area contributed by atoms with Gasteiger partial charge >= 0.3 is 6.09 Å². The van der Waals surface area contributed by atoms with Crippen LogP contribution in [0.4, 0.5) is 10.5 Å². The quantitative estimate of drug-likeness (QED) is 0.651. The summed E-state index contributed by atoms with van der Waals surface area (Å²) in [5.74, 6) is 1.40. The van der Waals surface area contributed by atoms with Crippen molar-refractivity contribution in [1.29, 1.82) is 0 Å². The zero-order chi connectivity index (χ0) is 18.3. The largest absolute Gasteiger partial charge is 0.493 e. The minimum atomic E-state index is -0.315. The molecule has 134 valence electrons. The van der Waals surface area contributed by atoms with Crippen molar-refractivity contribution in [2.45, 2.75) is 13.3 Å². The Morgan fingerprint density at radius 2 is 1.92 bits per heavy atom. The van der Waals surface area contributed by atoms with Gasteiger partial charge in [0.25, 0.3) is 0 Å². The van der Waals surface area contributed by atoms with E-state index in [0.29, 0.717) is 24.7 Å². The highest BCUT2D eigenvalue weighted by Crippen LogP contribution is 2.47. The minimum Gasteiger partial charge on any atom is -0.493 e. The van der Waals surface area contributed by atoms with E-state index in [2.05, 4.69) is 12.1 Å². The van der Waals surface area contributed by atoms with Crippen LogP contribution in [0.2, 0.25) is 0 Å². The molecule has 0 aromatic heterocycles. The van der Waals surface area contributed by atoms with Crippen molar-refractivity contribution < 1.29 is 19.0 Å². The fraction of sp³-hybridized carbons (Fsp3) is 0.286. The zero-order valence-electron chi connectivity index (χ0n) is 15.2. The second kappa shape index (κ2) is 6.41. The number of anilines is 1. The Hall–Kier alpha value is -2.95. The summed E-state index contributed by atoms with van der Waals surface area (Å²) >= 11 is 0. The third-order valence-corrected chi connectivity index (χ3v) is 4.91. The molecule has 5 nitrogen and oxygen atoms in total. The molecule has 0 bridgehead atoms. The molecule has 0 saturated heterocycles. The van der Waals surface area contributed by atoms with E-state index < -0.39 is 0 Å². The summed E-state index contributed by atoms with van der Waals surface area (Å²) in [6.07, 6.45) is 0.422. The Morgan fingerprint density at radius 1 is 1.12 bits per heavy atom. The van der Waals surface area contributed by atoms with Gasteiger partial charge in [-0.25, -0.2) is 4.79 Å². The molecule has 0 atom stereocenters. The second-order valence-electron chi connectivity index (χ2n) is 6.24. The van der Waals surface area contributed by atoms with Crippen LogP contribution >= 0.6 is 0 Å².